The van der Waals surface area contributed by atoms with E-state index in [0.717, 1.165) is 12.1 Å². The van der Waals surface area contributed by atoms with Gasteiger partial charge >= 0.3 is 12.2 Å². The molecule has 8 heteroatoms. The summed E-state index contributed by atoms with van der Waals surface area (Å²) in [5.41, 5.74) is 0.549. The van der Waals surface area contributed by atoms with Crippen LogP contribution in [0.25, 0.3) is 0 Å². The van der Waals surface area contributed by atoms with E-state index in [0.29, 0.717) is 17.7 Å². The molecule has 0 saturated heterocycles. The van der Waals surface area contributed by atoms with Crippen LogP contribution in [0.15, 0.2) is 54.6 Å². The van der Waals surface area contributed by atoms with Crippen molar-refractivity contribution in [3.05, 3.63) is 71.3 Å². The molecule has 0 bridgehead atoms. The monoisotopic (exact) mass is 393 g/mol. The summed E-state index contributed by atoms with van der Waals surface area (Å²) < 4.78 is 38.2. The smallest absolute Gasteiger partial charge is 0.338 e. The van der Waals surface area contributed by atoms with Crippen molar-refractivity contribution in [3.8, 4) is 0 Å². The SMILES string of the molecule is CCNC(=O)NC(=O)C(c1ccccc1)N(C)Cc1ccc(C(F)(F)F)cc1. The van der Waals surface area contributed by atoms with Gasteiger partial charge in [-0.2, -0.15) is 13.2 Å². The van der Waals surface area contributed by atoms with Crippen LogP contribution in [-0.4, -0.2) is 30.4 Å². The van der Waals surface area contributed by atoms with Crippen LogP contribution in [0.4, 0.5) is 18.0 Å². The van der Waals surface area contributed by atoms with Crippen LogP contribution < -0.4 is 10.6 Å². The van der Waals surface area contributed by atoms with Gasteiger partial charge in [-0.05, 0) is 37.2 Å². The first-order valence-electron chi connectivity index (χ1n) is 8.72. The molecule has 2 aromatic rings. The molecule has 0 spiro atoms. The first-order chi connectivity index (χ1) is 13.2. The van der Waals surface area contributed by atoms with Crippen LogP contribution in [0, 0.1) is 0 Å². The molecule has 28 heavy (non-hydrogen) atoms. The van der Waals surface area contributed by atoms with Crippen LogP contribution in [0.1, 0.15) is 29.7 Å². The van der Waals surface area contributed by atoms with Crippen molar-refractivity contribution in [2.45, 2.75) is 25.7 Å². The zero-order chi connectivity index (χ0) is 20.7. The van der Waals surface area contributed by atoms with Crippen molar-refractivity contribution >= 4 is 11.9 Å². The Bertz CT molecular complexity index is 793. The summed E-state index contributed by atoms with van der Waals surface area (Å²) in [6.07, 6.45) is -4.40. The number of imide groups is 1. The third-order valence-electron chi connectivity index (χ3n) is 4.09. The van der Waals surface area contributed by atoms with E-state index < -0.39 is 29.7 Å². The summed E-state index contributed by atoms with van der Waals surface area (Å²) in [5, 5.41) is 4.79. The van der Waals surface area contributed by atoms with Gasteiger partial charge in [0.2, 0.25) is 5.91 Å². The Balaban J connectivity index is 2.20. The fourth-order valence-electron chi connectivity index (χ4n) is 2.80. The van der Waals surface area contributed by atoms with Gasteiger partial charge in [0.25, 0.3) is 0 Å². The summed E-state index contributed by atoms with van der Waals surface area (Å²) in [5.74, 6) is -0.522. The van der Waals surface area contributed by atoms with E-state index in [1.807, 2.05) is 0 Å². The molecule has 0 aromatic heterocycles. The Morgan fingerprint density at radius 2 is 1.64 bits per heavy atom. The second-order valence-electron chi connectivity index (χ2n) is 6.27. The van der Waals surface area contributed by atoms with E-state index in [4.69, 9.17) is 0 Å². The Morgan fingerprint density at radius 3 is 2.18 bits per heavy atom. The lowest BCUT2D eigenvalue weighted by molar-refractivity contribution is -0.137. The molecular formula is C20H22F3N3O2. The van der Waals surface area contributed by atoms with Crippen molar-refractivity contribution in [3.63, 3.8) is 0 Å². The molecule has 2 rings (SSSR count). The maximum atomic E-state index is 12.7. The highest BCUT2D eigenvalue weighted by molar-refractivity contribution is 5.97. The molecule has 2 aromatic carbocycles. The molecule has 0 aliphatic carbocycles. The van der Waals surface area contributed by atoms with Gasteiger partial charge in [-0.3, -0.25) is 15.0 Å². The van der Waals surface area contributed by atoms with E-state index in [9.17, 15) is 22.8 Å². The highest BCUT2D eigenvalue weighted by Crippen LogP contribution is 2.29. The van der Waals surface area contributed by atoms with Crippen molar-refractivity contribution in [1.82, 2.24) is 15.5 Å². The molecule has 0 fully saturated rings. The first-order valence-corrected chi connectivity index (χ1v) is 8.72. The molecule has 2 N–H and O–H groups in total. The quantitative estimate of drug-likeness (QED) is 0.786. The minimum Gasteiger partial charge on any atom is -0.338 e. The van der Waals surface area contributed by atoms with Crippen LogP contribution in [0.5, 0.6) is 0 Å². The number of hydrogen-bond donors (Lipinski definition) is 2. The van der Waals surface area contributed by atoms with Crippen LogP contribution in [0.2, 0.25) is 0 Å². The summed E-state index contributed by atoms with van der Waals surface area (Å²) in [6.45, 7) is 2.33. The Kier molecular flexibility index (Phi) is 7.17. The Hall–Kier alpha value is -2.87. The van der Waals surface area contributed by atoms with Crippen molar-refractivity contribution < 1.29 is 22.8 Å². The van der Waals surface area contributed by atoms with E-state index in [-0.39, 0.29) is 6.54 Å². The van der Waals surface area contributed by atoms with Gasteiger partial charge < -0.3 is 5.32 Å². The maximum Gasteiger partial charge on any atom is 0.416 e. The third kappa shape index (κ3) is 5.82. The number of carbonyl (C=O) groups is 2. The standard InChI is InChI=1S/C20H22F3N3O2/c1-3-24-19(28)25-18(27)17(15-7-5-4-6-8-15)26(2)13-14-9-11-16(12-10-14)20(21,22)23/h4-12,17H,3,13H2,1-2H3,(H2,24,25,27,28). The minimum atomic E-state index is -4.40. The molecule has 1 unspecified atom stereocenters. The fourth-order valence-corrected chi connectivity index (χ4v) is 2.80. The predicted molar refractivity (Wildman–Crippen MR) is 99.3 cm³/mol. The molecule has 5 nitrogen and oxygen atoms in total. The van der Waals surface area contributed by atoms with E-state index >= 15 is 0 Å². The molecule has 0 aliphatic rings. The number of hydrogen-bond acceptors (Lipinski definition) is 3. The summed E-state index contributed by atoms with van der Waals surface area (Å²) in [7, 11) is 1.67. The molecule has 1 atom stereocenters. The van der Waals surface area contributed by atoms with Gasteiger partial charge in [0, 0.05) is 13.1 Å². The average Bonchev–Trinajstić information content (AvgIpc) is 2.62. The lowest BCUT2D eigenvalue weighted by Crippen LogP contribution is -2.45. The number of nitrogens with one attached hydrogen (secondary N) is 2. The van der Waals surface area contributed by atoms with E-state index in [1.165, 1.54) is 12.1 Å². The van der Waals surface area contributed by atoms with E-state index in [1.54, 1.807) is 49.2 Å². The van der Waals surface area contributed by atoms with Crippen molar-refractivity contribution in [2.75, 3.05) is 13.6 Å². The number of rotatable bonds is 6. The number of urea groups is 1. The highest BCUT2D eigenvalue weighted by atomic mass is 19.4. The largest absolute Gasteiger partial charge is 0.416 e. The number of amides is 3. The predicted octanol–water partition coefficient (Wildman–Crippen LogP) is 3.72. The number of halogens is 3. The molecule has 0 aliphatic heterocycles. The second kappa shape index (κ2) is 9.36. The Morgan fingerprint density at radius 1 is 1.04 bits per heavy atom. The summed E-state index contributed by atoms with van der Waals surface area (Å²) in [4.78, 5) is 26.1. The summed E-state index contributed by atoms with van der Waals surface area (Å²) >= 11 is 0. The minimum absolute atomic E-state index is 0.223. The zero-order valence-corrected chi connectivity index (χ0v) is 15.6. The van der Waals surface area contributed by atoms with Crippen LogP contribution >= 0.6 is 0 Å². The lowest BCUT2D eigenvalue weighted by atomic mass is 10.0. The van der Waals surface area contributed by atoms with Crippen LogP contribution in [0.3, 0.4) is 0 Å². The molecule has 3 amide bonds. The second-order valence-corrected chi connectivity index (χ2v) is 6.27. The molecule has 0 saturated carbocycles. The molecule has 150 valence electrons. The normalized spacial score (nSPS) is 12.5. The van der Waals surface area contributed by atoms with Crippen molar-refractivity contribution in [1.29, 1.82) is 0 Å². The van der Waals surface area contributed by atoms with Gasteiger partial charge in [-0.15, -0.1) is 0 Å². The number of alkyl halides is 3. The first kappa shape index (κ1) is 21.4. The average molecular weight is 393 g/mol. The number of likely N-dealkylation sites (N-methyl/N-ethyl adjacent to an activating group) is 1. The number of carbonyl (C=O) groups excluding carboxylic acids is 2. The van der Waals surface area contributed by atoms with Gasteiger partial charge in [-0.25, -0.2) is 4.79 Å². The van der Waals surface area contributed by atoms with Gasteiger partial charge in [0.05, 0.1) is 5.56 Å². The van der Waals surface area contributed by atoms with Gasteiger partial charge in [-0.1, -0.05) is 42.5 Å². The van der Waals surface area contributed by atoms with Crippen LogP contribution in [-0.2, 0) is 17.5 Å². The van der Waals surface area contributed by atoms with E-state index in [2.05, 4.69) is 10.6 Å². The summed E-state index contributed by atoms with van der Waals surface area (Å²) in [6, 6.07) is 12.2. The highest BCUT2D eigenvalue weighted by Gasteiger charge is 2.30. The number of benzene rings is 2. The Labute approximate surface area is 161 Å². The fraction of sp³-hybridized carbons (Fsp3) is 0.300. The van der Waals surface area contributed by atoms with Gasteiger partial charge in [0.15, 0.2) is 0 Å². The van der Waals surface area contributed by atoms with Crippen molar-refractivity contribution in [2.24, 2.45) is 0 Å². The zero-order valence-electron chi connectivity index (χ0n) is 15.6. The maximum absolute atomic E-state index is 12.7. The van der Waals surface area contributed by atoms with Gasteiger partial charge in [0.1, 0.15) is 6.04 Å². The third-order valence-corrected chi connectivity index (χ3v) is 4.09. The lowest BCUT2D eigenvalue weighted by Gasteiger charge is -2.27. The topological polar surface area (TPSA) is 61.4 Å². The number of nitrogens with zero attached hydrogens (tertiary/aromatic N) is 1. The molecule has 0 radical (unpaired) electrons. The molecule has 0 heterocycles. The molecular weight excluding hydrogens is 371 g/mol.